The number of nitrogens with zero attached hydrogens (tertiary/aromatic N) is 4. The van der Waals surface area contributed by atoms with Crippen LogP contribution >= 0.6 is 22.9 Å². The number of nitrogens with one attached hydrogen (secondary N) is 2. The van der Waals surface area contributed by atoms with Crippen LogP contribution in [0, 0.1) is 5.92 Å². The molecule has 4 N–H and O–H groups in total. The fourth-order valence-electron chi connectivity index (χ4n) is 3.11. The number of rotatable bonds is 7. The lowest BCUT2D eigenvalue weighted by atomic mass is 10.1. The predicted molar refractivity (Wildman–Crippen MR) is 115 cm³/mol. The number of aromatic nitrogens is 5. The van der Waals surface area contributed by atoms with Gasteiger partial charge in [0.25, 0.3) is 5.91 Å². The molecule has 1 aromatic carbocycles. The summed E-state index contributed by atoms with van der Waals surface area (Å²) >= 11 is 7.86. The molecule has 2 amide bonds. The molecule has 0 spiro atoms. The third-order valence-electron chi connectivity index (χ3n) is 4.75. The van der Waals surface area contributed by atoms with E-state index in [0.717, 1.165) is 17.5 Å². The molecule has 0 aliphatic heterocycles. The van der Waals surface area contributed by atoms with E-state index < -0.39 is 5.91 Å². The van der Waals surface area contributed by atoms with Crippen molar-refractivity contribution in [1.29, 1.82) is 0 Å². The van der Waals surface area contributed by atoms with Crippen molar-refractivity contribution in [2.24, 2.45) is 11.7 Å². The van der Waals surface area contributed by atoms with Gasteiger partial charge in [-0.2, -0.15) is 5.10 Å². The van der Waals surface area contributed by atoms with Crippen LogP contribution in [0.1, 0.15) is 12.8 Å². The summed E-state index contributed by atoms with van der Waals surface area (Å²) in [6, 6.07) is 5.22. The summed E-state index contributed by atoms with van der Waals surface area (Å²) in [5.74, 6) is 0.396. The van der Waals surface area contributed by atoms with E-state index in [2.05, 4.69) is 25.5 Å². The Morgan fingerprint density at radius 1 is 1.39 bits per heavy atom. The van der Waals surface area contributed by atoms with Crippen molar-refractivity contribution in [3.8, 4) is 22.8 Å². The number of H-pyrrole nitrogens is 1. The normalized spacial score (nSPS) is 13.5. The highest BCUT2D eigenvalue weighted by Crippen LogP contribution is 2.38. The van der Waals surface area contributed by atoms with Crippen molar-refractivity contribution >= 4 is 50.2 Å². The van der Waals surface area contributed by atoms with Crippen LogP contribution in [0.3, 0.4) is 0 Å². The van der Waals surface area contributed by atoms with Gasteiger partial charge in [-0.25, -0.2) is 9.97 Å². The molecule has 0 radical (unpaired) electrons. The lowest BCUT2D eigenvalue weighted by Gasteiger charge is -2.11. The Morgan fingerprint density at radius 3 is 3.00 bits per heavy atom. The smallest absolute Gasteiger partial charge is 0.255 e. The second kappa shape index (κ2) is 7.67. The Balaban J connectivity index is 1.50. The number of thiazole rings is 1. The molecule has 4 aromatic rings. The minimum Gasteiger partial charge on any atom is -0.482 e. The number of hydrogen-bond acceptors (Lipinski definition) is 7. The first-order chi connectivity index (χ1) is 15.0. The number of amides is 2. The molecule has 1 aliphatic carbocycles. The van der Waals surface area contributed by atoms with Crippen LogP contribution in [0.5, 0.6) is 5.75 Å². The Morgan fingerprint density at radius 2 is 2.23 bits per heavy atom. The molecule has 158 valence electrons. The number of aromatic amines is 1. The Hall–Kier alpha value is -3.44. The monoisotopic (exact) mass is 457 g/mol. The fraction of sp³-hybridized carbons (Fsp3) is 0.211. The van der Waals surface area contributed by atoms with Crippen molar-refractivity contribution in [3.63, 3.8) is 0 Å². The zero-order valence-electron chi connectivity index (χ0n) is 16.0. The number of benzene rings is 1. The molecule has 1 aliphatic rings. The van der Waals surface area contributed by atoms with Crippen molar-refractivity contribution < 1.29 is 14.3 Å². The Kier molecular flexibility index (Phi) is 4.83. The van der Waals surface area contributed by atoms with Gasteiger partial charge in [-0.15, -0.1) is 0 Å². The van der Waals surface area contributed by atoms with Gasteiger partial charge in [0.15, 0.2) is 23.2 Å². The summed E-state index contributed by atoms with van der Waals surface area (Å²) < 4.78 is 7.93. The summed E-state index contributed by atoms with van der Waals surface area (Å²) in [4.78, 5) is 31.7. The van der Waals surface area contributed by atoms with Gasteiger partial charge in [-0.05, 0) is 18.9 Å². The van der Waals surface area contributed by atoms with Gasteiger partial charge in [0, 0.05) is 11.5 Å². The highest BCUT2D eigenvalue weighted by molar-refractivity contribution is 7.22. The topological polar surface area (TPSA) is 141 Å². The number of anilines is 1. The number of fused-ring (bicyclic) bond motifs is 1. The number of halogens is 1. The maximum absolute atomic E-state index is 12.0. The SMILES string of the molecule is NC(=O)COc1cccc(-c2cncn2-c2n[nH]c3nc(NC(=O)C4CC4)sc23)c1Cl. The van der Waals surface area contributed by atoms with Crippen LogP contribution in [0.15, 0.2) is 30.7 Å². The summed E-state index contributed by atoms with van der Waals surface area (Å²) in [6.07, 6.45) is 5.10. The molecule has 0 saturated heterocycles. The molecule has 3 heterocycles. The molecule has 3 aromatic heterocycles. The predicted octanol–water partition coefficient (Wildman–Crippen LogP) is 2.74. The van der Waals surface area contributed by atoms with Crippen molar-refractivity contribution in [2.75, 3.05) is 11.9 Å². The fourth-order valence-corrected chi connectivity index (χ4v) is 4.29. The maximum atomic E-state index is 12.0. The highest BCUT2D eigenvalue weighted by atomic mass is 35.5. The average molecular weight is 458 g/mol. The Bertz CT molecular complexity index is 1310. The third kappa shape index (κ3) is 3.73. The standard InChI is InChI=1S/C19H16ClN7O3S/c20-14-10(2-1-3-12(14)30-7-13(21)28)11-6-22-8-27(11)17-15-16(25-26-17)23-19(31-15)24-18(29)9-4-5-9/h1-3,6,8-9H,4-5,7H2,(H2,21,28)(H2,23,24,25,26,29). The van der Waals surface area contributed by atoms with E-state index in [9.17, 15) is 9.59 Å². The van der Waals surface area contributed by atoms with Crippen LogP contribution in [-0.4, -0.2) is 43.2 Å². The lowest BCUT2D eigenvalue weighted by molar-refractivity contribution is -0.120. The van der Waals surface area contributed by atoms with Crippen LogP contribution < -0.4 is 15.8 Å². The molecule has 1 saturated carbocycles. The molecule has 0 bridgehead atoms. The van der Waals surface area contributed by atoms with Gasteiger partial charge in [0.05, 0.1) is 16.9 Å². The minimum absolute atomic E-state index is 0.00575. The first kappa shape index (κ1) is 19.5. The number of primary amides is 1. The average Bonchev–Trinajstić information content (AvgIpc) is 3.17. The largest absolute Gasteiger partial charge is 0.482 e. The number of carbonyl (C=O) groups excluding carboxylic acids is 2. The van der Waals surface area contributed by atoms with Crippen molar-refractivity contribution in [3.05, 3.63) is 35.7 Å². The quantitative estimate of drug-likeness (QED) is 0.389. The number of nitrogens with two attached hydrogens (primary N) is 1. The molecule has 10 nitrogen and oxygen atoms in total. The number of ether oxygens (including phenoxy) is 1. The second-order valence-electron chi connectivity index (χ2n) is 7.03. The maximum Gasteiger partial charge on any atom is 0.255 e. The molecular formula is C19H16ClN7O3S. The molecule has 31 heavy (non-hydrogen) atoms. The van der Waals surface area contributed by atoms with E-state index in [1.54, 1.807) is 29.2 Å². The van der Waals surface area contributed by atoms with Crippen LogP contribution in [0.2, 0.25) is 5.02 Å². The van der Waals surface area contributed by atoms with Crippen LogP contribution in [-0.2, 0) is 9.59 Å². The highest BCUT2D eigenvalue weighted by Gasteiger charge is 2.30. The molecule has 12 heteroatoms. The van der Waals surface area contributed by atoms with Gasteiger partial charge in [-0.1, -0.05) is 35.1 Å². The van der Waals surface area contributed by atoms with Gasteiger partial charge in [0.2, 0.25) is 5.91 Å². The molecule has 1 fully saturated rings. The first-order valence-electron chi connectivity index (χ1n) is 9.39. The summed E-state index contributed by atoms with van der Waals surface area (Å²) in [5.41, 5.74) is 7.03. The second-order valence-corrected chi connectivity index (χ2v) is 8.41. The van der Waals surface area contributed by atoms with Gasteiger partial charge >= 0.3 is 0 Å². The van der Waals surface area contributed by atoms with Crippen LogP contribution in [0.4, 0.5) is 5.13 Å². The summed E-state index contributed by atoms with van der Waals surface area (Å²) in [7, 11) is 0. The van der Waals surface area contributed by atoms with Crippen LogP contribution in [0.25, 0.3) is 27.4 Å². The molecular weight excluding hydrogens is 442 g/mol. The number of hydrogen-bond donors (Lipinski definition) is 3. The minimum atomic E-state index is -0.597. The van der Waals surface area contributed by atoms with E-state index in [-0.39, 0.29) is 18.4 Å². The van der Waals surface area contributed by atoms with E-state index >= 15 is 0 Å². The third-order valence-corrected chi connectivity index (χ3v) is 6.11. The lowest BCUT2D eigenvalue weighted by Crippen LogP contribution is -2.20. The van der Waals surface area contributed by atoms with E-state index in [4.69, 9.17) is 22.1 Å². The van der Waals surface area contributed by atoms with E-state index in [1.807, 2.05) is 6.07 Å². The number of imidazole rings is 1. The van der Waals surface area contributed by atoms with E-state index in [1.165, 1.54) is 11.3 Å². The van der Waals surface area contributed by atoms with Gasteiger partial charge < -0.3 is 15.8 Å². The molecule has 0 atom stereocenters. The summed E-state index contributed by atoms with van der Waals surface area (Å²) in [5, 5.41) is 10.9. The van der Waals surface area contributed by atoms with E-state index in [0.29, 0.717) is 38.6 Å². The van der Waals surface area contributed by atoms with Crippen molar-refractivity contribution in [2.45, 2.75) is 12.8 Å². The van der Waals surface area contributed by atoms with Crippen molar-refractivity contribution in [1.82, 2.24) is 24.7 Å². The van der Waals surface area contributed by atoms with Gasteiger partial charge in [0.1, 0.15) is 16.8 Å². The Labute approximate surface area is 184 Å². The zero-order chi connectivity index (χ0) is 21.5. The summed E-state index contributed by atoms with van der Waals surface area (Å²) in [6.45, 7) is -0.279. The molecule has 0 unspecified atom stereocenters. The zero-order valence-corrected chi connectivity index (χ0v) is 17.5. The first-order valence-corrected chi connectivity index (χ1v) is 10.6. The van der Waals surface area contributed by atoms with Gasteiger partial charge in [-0.3, -0.25) is 19.3 Å². The number of carbonyl (C=O) groups is 2. The molecule has 5 rings (SSSR count).